The average Bonchev–Trinajstić information content (AvgIpc) is 2.60. The van der Waals surface area contributed by atoms with Crippen molar-refractivity contribution in [2.75, 3.05) is 19.8 Å². The summed E-state index contributed by atoms with van der Waals surface area (Å²) in [4.78, 5) is 11.6. The molecule has 0 spiro atoms. The van der Waals surface area contributed by atoms with Crippen molar-refractivity contribution in [2.24, 2.45) is 0 Å². The summed E-state index contributed by atoms with van der Waals surface area (Å²) in [5.74, 6) is 1.28. The normalized spacial score (nSPS) is 9.74. The quantitative estimate of drug-likeness (QED) is 0.798. The molecule has 2 aromatic rings. The van der Waals surface area contributed by atoms with Crippen LogP contribution in [0.4, 0.5) is 0 Å². The number of nitrogens with one attached hydrogen (secondary N) is 1. The van der Waals surface area contributed by atoms with Crippen LogP contribution >= 0.6 is 0 Å². The molecule has 5 nitrogen and oxygen atoms in total. The second kappa shape index (κ2) is 8.44. The predicted octanol–water partition coefficient (Wildman–Crippen LogP) is 2.77. The molecule has 23 heavy (non-hydrogen) atoms. The topological polar surface area (TPSA) is 71.3 Å². The van der Waals surface area contributed by atoms with E-state index < -0.39 is 0 Å². The summed E-state index contributed by atoms with van der Waals surface area (Å²) in [7, 11) is 0. The standard InChI is InChI=1S/C18H18N2O3/c1-2-20-18(21)15-5-9-17(10-6-15)23-12-11-22-16-7-3-14(13-19)4-8-16/h3-10H,2,11-12H2,1H3,(H,20,21). The Morgan fingerprint density at radius 3 is 2.00 bits per heavy atom. The van der Waals surface area contributed by atoms with Crippen LogP contribution in [0.3, 0.4) is 0 Å². The largest absolute Gasteiger partial charge is 0.490 e. The highest BCUT2D eigenvalue weighted by Crippen LogP contribution is 2.13. The van der Waals surface area contributed by atoms with Crippen LogP contribution in [0.15, 0.2) is 48.5 Å². The van der Waals surface area contributed by atoms with Crippen molar-refractivity contribution >= 4 is 5.91 Å². The molecule has 0 saturated carbocycles. The number of ether oxygens (including phenoxy) is 2. The fourth-order valence-corrected chi connectivity index (χ4v) is 1.91. The molecule has 0 unspecified atom stereocenters. The highest BCUT2D eigenvalue weighted by Gasteiger charge is 2.03. The third kappa shape index (κ3) is 5.04. The SMILES string of the molecule is CCNC(=O)c1ccc(OCCOc2ccc(C#N)cc2)cc1. The summed E-state index contributed by atoms with van der Waals surface area (Å²) in [5, 5.41) is 11.5. The average molecular weight is 310 g/mol. The molecule has 0 aromatic heterocycles. The van der Waals surface area contributed by atoms with Crippen LogP contribution in [0.2, 0.25) is 0 Å². The van der Waals surface area contributed by atoms with E-state index in [1.54, 1.807) is 48.5 Å². The molecular weight excluding hydrogens is 292 g/mol. The zero-order valence-electron chi connectivity index (χ0n) is 12.9. The van der Waals surface area contributed by atoms with Gasteiger partial charge in [-0.05, 0) is 55.5 Å². The van der Waals surface area contributed by atoms with Gasteiger partial charge in [-0.3, -0.25) is 4.79 Å². The molecule has 0 fully saturated rings. The second-order valence-electron chi connectivity index (χ2n) is 4.72. The fraction of sp³-hybridized carbons (Fsp3) is 0.222. The molecule has 0 bridgehead atoms. The molecule has 2 aromatic carbocycles. The van der Waals surface area contributed by atoms with Crippen molar-refractivity contribution in [3.63, 3.8) is 0 Å². The van der Waals surface area contributed by atoms with E-state index in [1.807, 2.05) is 6.92 Å². The lowest BCUT2D eigenvalue weighted by molar-refractivity contribution is 0.0955. The van der Waals surface area contributed by atoms with Gasteiger partial charge in [0, 0.05) is 12.1 Å². The van der Waals surface area contributed by atoms with Crippen LogP contribution in [0.1, 0.15) is 22.8 Å². The van der Waals surface area contributed by atoms with Gasteiger partial charge >= 0.3 is 0 Å². The summed E-state index contributed by atoms with van der Waals surface area (Å²) in [5.41, 5.74) is 1.20. The maximum atomic E-state index is 11.6. The van der Waals surface area contributed by atoms with Gasteiger partial charge in [0.15, 0.2) is 0 Å². The van der Waals surface area contributed by atoms with Gasteiger partial charge in [0.05, 0.1) is 11.6 Å². The first-order valence-corrected chi connectivity index (χ1v) is 7.37. The van der Waals surface area contributed by atoms with Crippen LogP contribution in [0.5, 0.6) is 11.5 Å². The van der Waals surface area contributed by atoms with Crippen molar-refractivity contribution in [3.8, 4) is 17.6 Å². The Kier molecular flexibility index (Phi) is 6.01. The highest BCUT2D eigenvalue weighted by molar-refractivity contribution is 5.94. The number of amides is 1. The van der Waals surface area contributed by atoms with Gasteiger partial charge in [-0.25, -0.2) is 0 Å². The first kappa shape index (κ1) is 16.4. The Morgan fingerprint density at radius 1 is 1.00 bits per heavy atom. The number of carbonyl (C=O) groups excluding carboxylic acids is 1. The molecule has 0 aliphatic rings. The fourth-order valence-electron chi connectivity index (χ4n) is 1.91. The minimum Gasteiger partial charge on any atom is -0.490 e. The van der Waals surface area contributed by atoms with Gasteiger partial charge < -0.3 is 14.8 Å². The Morgan fingerprint density at radius 2 is 1.52 bits per heavy atom. The van der Waals surface area contributed by atoms with Crippen LogP contribution in [-0.4, -0.2) is 25.7 Å². The summed E-state index contributed by atoms with van der Waals surface area (Å²) in [6.07, 6.45) is 0. The number of rotatable bonds is 7. The molecule has 0 radical (unpaired) electrons. The monoisotopic (exact) mass is 310 g/mol. The van der Waals surface area contributed by atoms with Crippen molar-refractivity contribution in [1.29, 1.82) is 5.26 Å². The van der Waals surface area contributed by atoms with E-state index in [-0.39, 0.29) is 5.91 Å². The van der Waals surface area contributed by atoms with Crippen LogP contribution in [-0.2, 0) is 0 Å². The first-order chi connectivity index (χ1) is 11.2. The summed E-state index contributed by atoms with van der Waals surface area (Å²) < 4.78 is 11.1. The molecule has 5 heteroatoms. The van der Waals surface area contributed by atoms with Crippen molar-refractivity contribution in [3.05, 3.63) is 59.7 Å². The smallest absolute Gasteiger partial charge is 0.251 e. The maximum absolute atomic E-state index is 11.6. The third-order valence-electron chi connectivity index (χ3n) is 3.06. The lowest BCUT2D eigenvalue weighted by atomic mass is 10.2. The summed E-state index contributed by atoms with van der Waals surface area (Å²) >= 11 is 0. The molecule has 1 N–H and O–H groups in total. The molecule has 0 aliphatic carbocycles. The molecule has 0 saturated heterocycles. The van der Waals surface area contributed by atoms with Crippen LogP contribution in [0, 0.1) is 11.3 Å². The summed E-state index contributed by atoms with van der Waals surface area (Å²) in [6.45, 7) is 3.26. The minimum absolute atomic E-state index is 0.0943. The Labute approximate surface area is 135 Å². The zero-order valence-corrected chi connectivity index (χ0v) is 12.9. The van der Waals surface area contributed by atoms with E-state index in [4.69, 9.17) is 14.7 Å². The Bertz CT molecular complexity index is 673. The molecule has 118 valence electrons. The molecule has 0 aliphatic heterocycles. The van der Waals surface area contributed by atoms with Gasteiger partial charge in [-0.15, -0.1) is 0 Å². The first-order valence-electron chi connectivity index (χ1n) is 7.37. The lowest BCUT2D eigenvalue weighted by Crippen LogP contribution is -2.22. The number of hydrogen-bond donors (Lipinski definition) is 1. The summed E-state index contributed by atoms with van der Waals surface area (Å²) in [6, 6.07) is 15.9. The van der Waals surface area contributed by atoms with Crippen LogP contribution < -0.4 is 14.8 Å². The van der Waals surface area contributed by atoms with Gasteiger partial charge in [0.25, 0.3) is 5.91 Å². The van der Waals surface area contributed by atoms with Gasteiger partial charge in [0.1, 0.15) is 24.7 Å². The predicted molar refractivity (Wildman–Crippen MR) is 86.6 cm³/mol. The number of carbonyl (C=O) groups is 1. The Balaban J connectivity index is 1.75. The molecule has 2 rings (SSSR count). The van der Waals surface area contributed by atoms with E-state index in [2.05, 4.69) is 11.4 Å². The Hall–Kier alpha value is -3.00. The van der Waals surface area contributed by atoms with Crippen molar-refractivity contribution in [1.82, 2.24) is 5.32 Å². The van der Waals surface area contributed by atoms with Crippen molar-refractivity contribution in [2.45, 2.75) is 6.92 Å². The van der Waals surface area contributed by atoms with E-state index >= 15 is 0 Å². The van der Waals surface area contributed by atoms with E-state index in [9.17, 15) is 4.79 Å². The van der Waals surface area contributed by atoms with Gasteiger partial charge in [-0.1, -0.05) is 0 Å². The molecular formula is C18H18N2O3. The number of hydrogen-bond acceptors (Lipinski definition) is 4. The second-order valence-corrected chi connectivity index (χ2v) is 4.72. The van der Waals surface area contributed by atoms with E-state index in [0.717, 1.165) is 0 Å². The maximum Gasteiger partial charge on any atom is 0.251 e. The zero-order chi connectivity index (χ0) is 16.5. The minimum atomic E-state index is -0.0943. The highest BCUT2D eigenvalue weighted by atomic mass is 16.5. The number of nitriles is 1. The third-order valence-corrected chi connectivity index (χ3v) is 3.06. The lowest BCUT2D eigenvalue weighted by Gasteiger charge is -2.09. The van der Waals surface area contributed by atoms with Crippen LogP contribution in [0.25, 0.3) is 0 Å². The van der Waals surface area contributed by atoms with Gasteiger partial charge in [-0.2, -0.15) is 5.26 Å². The number of nitrogens with zero attached hydrogens (tertiary/aromatic N) is 1. The van der Waals surface area contributed by atoms with Crippen molar-refractivity contribution < 1.29 is 14.3 Å². The van der Waals surface area contributed by atoms with E-state index in [1.165, 1.54) is 0 Å². The molecule has 0 atom stereocenters. The number of benzene rings is 2. The molecule has 1 amide bonds. The van der Waals surface area contributed by atoms with E-state index in [0.29, 0.717) is 42.4 Å². The van der Waals surface area contributed by atoms with Gasteiger partial charge in [0.2, 0.25) is 0 Å². The molecule has 0 heterocycles.